The molecule has 0 radical (unpaired) electrons. The number of amides is 6. The summed E-state index contributed by atoms with van der Waals surface area (Å²) in [6.45, 7) is 3.27. The summed E-state index contributed by atoms with van der Waals surface area (Å²) in [5.41, 5.74) is 0. The van der Waals surface area contributed by atoms with Crippen LogP contribution < -0.4 is 21.3 Å². The highest BCUT2D eigenvalue weighted by molar-refractivity contribution is 8.04. The summed E-state index contributed by atoms with van der Waals surface area (Å²) in [5.74, 6) is -0.904. The normalized spacial score (nSPS) is 12.6. The molecule has 0 unspecified atom stereocenters. The third-order valence-electron chi connectivity index (χ3n) is 2.61. The average molecular weight is 407 g/mol. The van der Waals surface area contributed by atoms with Crippen LogP contribution in [0.3, 0.4) is 0 Å². The van der Waals surface area contributed by atoms with Gasteiger partial charge in [0.15, 0.2) is 8.68 Å². The van der Waals surface area contributed by atoms with Crippen LogP contribution in [0, 0.1) is 0 Å². The molecule has 0 aliphatic heterocycles. The summed E-state index contributed by atoms with van der Waals surface area (Å²) in [4.78, 5) is 45.8. The zero-order valence-electron chi connectivity index (χ0n) is 13.9. The number of hydrogen-bond donors (Lipinski definition) is 4. The second-order valence-electron chi connectivity index (χ2n) is 4.49. The van der Waals surface area contributed by atoms with Crippen LogP contribution >= 0.6 is 34.9 Å². The van der Waals surface area contributed by atoms with E-state index in [0.717, 1.165) is 23.5 Å². The molecule has 0 fully saturated rings. The lowest BCUT2D eigenvalue weighted by Gasteiger charge is -2.09. The second kappa shape index (κ2) is 10.2. The Hall–Kier alpha value is -1.86. The molecule has 25 heavy (non-hydrogen) atoms. The van der Waals surface area contributed by atoms with Crippen molar-refractivity contribution < 1.29 is 19.2 Å². The number of carbonyl (C=O) groups excluding carboxylic acids is 4. The molecule has 1 aromatic heterocycles. The highest BCUT2D eigenvalue weighted by Gasteiger charge is 2.21. The zero-order chi connectivity index (χ0) is 19.0. The van der Waals surface area contributed by atoms with Crippen molar-refractivity contribution in [3.05, 3.63) is 0 Å². The van der Waals surface area contributed by atoms with Gasteiger partial charge >= 0.3 is 12.1 Å². The molecule has 1 aromatic rings. The average Bonchev–Trinajstić information content (AvgIpc) is 3.00. The number of rotatable bonds is 6. The summed E-state index contributed by atoms with van der Waals surface area (Å²) in [6, 6.07) is -1.16. The van der Waals surface area contributed by atoms with Gasteiger partial charge in [-0.3, -0.25) is 20.2 Å². The Morgan fingerprint density at radius 3 is 1.52 bits per heavy atom. The quantitative estimate of drug-likeness (QED) is 0.498. The van der Waals surface area contributed by atoms with E-state index in [1.807, 2.05) is 0 Å². The molecular weight excluding hydrogens is 388 g/mol. The van der Waals surface area contributed by atoms with Gasteiger partial charge in [0, 0.05) is 14.1 Å². The predicted octanol–water partition coefficient (Wildman–Crippen LogP) is 0.410. The predicted molar refractivity (Wildman–Crippen MR) is 95.7 cm³/mol. The van der Waals surface area contributed by atoms with Crippen LogP contribution in [0.4, 0.5) is 9.59 Å². The van der Waals surface area contributed by atoms with Gasteiger partial charge in [-0.15, -0.1) is 10.2 Å². The van der Waals surface area contributed by atoms with Crippen molar-refractivity contribution in [1.82, 2.24) is 31.5 Å². The van der Waals surface area contributed by atoms with Crippen molar-refractivity contribution in [3.63, 3.8) is 0 Å². The maximum absolute atomic E-state index is 11.8. The van der Waals surface area contributed by atoms with Crippen LogP contribution in [0.15, 0.2) is 8.68 Å². The largest absolute Gasteiger partial charge is 0.341 e. The summed E-state index contributed by atoms with van der Waals surface area (Å²) >= 11 is 3.52. The summed E-state index contributed by atoms with van der Waals surface area (Å²) < 4.78 is 1.06. The van der Waals surface area contributed by atoms with Gasteiger partial charge in [-0.25, -0.2) is 9.59 Å². The molecular formula is C12H18N6O4S3. The van der Waals surface area contributed by atoms with Gasteiger partial charge in [0.2, 0.25) is 11.8 Å². The number of thioether (sulfide) groups is 2. The van der Waals surface area contributed by atoms with Gasteiger partial charge in [0.05, 0.1) is 10.5 Å². The number of carbonyl (C=O) groups is 4. The molecule has 0 saturated carbocycles. The molecule has 0 saturated heterocycles. The third-order valence-corrected chi connectivity index (χ3v) is 5.90. The highest BCUT2D eigenvalue weighted by Crippen LogP contribution is 2.33. The fourth-order valence-corrected chi connectivity index (χ4v) is 4.56. The lowest BCUT2D eigenvalue weighted by atomic mass is 10.4. The van der Waals surface area contributed by atoms with Crippen molar-refractivity contribution in [2.45, 2.75) is 33.0 Å². The maximum atomic E-state index is 11.8. The van der Waals surface area contributed by atoms with E-state index in [1.54, 1.807) is 13.8 Å². The minimum absolute atomic E-state index is 0.452. The molecule has 6 amide bonds. The van der Waals surface area contributed by atoms with Gasteiger partial charge in [-0.2, -0.15) is 0 Å². The number of hydrogen-bond acceptors (Lipinski definition) is 9. The summed E-state index contributed by atoms with van der Waals surface area (Å²) in [7, 11) is 2.83. The van der Waals surface area contributed by atoms with Gasteiger partial charge < -0.3 is 10.6 Å². The Bertz CT molecular complexity index is 600. The first-order valence-electron chi connectivity index (χ1n) is 6.98. The molecule has 1 rings (SSSR count). The number of nitrogens with zero attached hydrogens (tertiary/aromatic N) is 2. The van der Waals surface area contributed by atoms with E-state index in [-0.39, 0.29) is 0 Å². The van der Waals surface area contributed by atoms with Crippen molar-refractivity contribution in [2.24, 2.45) is 0 Å². The smallest absolute Gasteiger partial charge is 0.321 e. The van der Waals surface area contributed by atoms with Crippen LogP contribution in [0.25, 0.3) is 0 Å². The van der Waals surface area contributed by atoms with E-state index >= 15 is 0 Å². The van der Waals surface area contributed by atoms with E-state index < -0.39 is 34.4 Å². The molecule has 0 aliphatic carbocycles. The van der Waals surface area contributed by atoms with Crippen LogP contribution in [-0.4, -0.2) is 58.7 Å². The lowest BCUT2D eigenvalue weighted by molar-refractivity contribution is -0.120. The highest BCUT2D eigenvalue weighted by atomic mass is 32.2. The minimum atomic E-state index is -0.582. The van der Waals surface area contributed by atoms with E-state index in [2.05, 4.69) is 31.5 Å². The second-order valence-corrected chi connectivity index (χ2v) is 8.64. The maximum Gasteiger partial charge on any atom is 0.321 e. The molecule has 0 aromatic carbocycles. The zero-order valence-corrected chi connectivity index (χ0v) is 16.4. The minimum Gasteiger partial charge on any atom is -0.341 e. The molecule has 0 bridgehead atoms. The Morgan fingerprint density at radius 2 is 1.20 bits per heavy atom. The monoisotopic (exact) mass is 406 g/mol. The molecule has 4 N–H and O–H groups in total. The van der Waals surface area contributed by atoms with Crippen LogP contribution in [0.2, 0.25) is 0 Å². The number of imide groups is 2. The molecule has 13 heteroatoms. The topological polar surface area (TPSA) is 142 Å². The molecule has 0 spiro atoms. The van der Waals surface area contributed by atoms with Gasteiger partial charge in [0.25, 0.3) is 0 Å². The number of aromatic nitrogens is 2. The standard InChI is InChI=1S/C12H18N6O4S3/c1-5(7(19)15-9(21)13-3)23-11-17-18-12(25-11)24-6(2)8(20)16-10(22)14-4/h5-6H,1-4H3,(H2,13,15,19,21)(H2,14,16,20,22)/t5-,6+. The fraction of sp³-hybridized carbons (Fsp3) is 0.500. The lowest BCUT2D eigenvalue weighted by Crippen LogP contribution is -2.41. The Morgan fingerprint density at radius 1 is 0.840 bits per heavy atom. The van der Waals surface area contributed by atoms with Crippen LogP contribution in [0.1, 0.15) is 13.8 Å². The molecule has 138 valence electrons. The van der Waals surface area contributed by atoms with Crippen molar-refractivity contribution >= 4 is 58.7 Å². The van der Waals surface area contributed by atoms with E-state index in [9.17, 15) is 19.2 Å². The van der Waals surface area contributed by atoms with Crippen LogP contribution in [-0.2, 0) is 9.59 Å². The van der Waals surface area contributed by atoms with Crippen molar-refractivity contribution in [2.75, 3.05) is 14.1 Å². The van der Waals surface area contributed by atoms with E-state index in [1.165, 1.54) is 25.4 Å². The van der Waals surface area contributed by atoms with E-state index in [4.69, 9.17) is 0 Å². The molecule has 1 heterocycles. The third kappa shape index (κ3) is 7.27. The van der Waals surface area contributed by atoms with Gasteiger partial charge in [-0.1, -0.05) is 34.9 Å². The molecule has 10 nitrogen and oxygen atoms in total. The summed E-state index contributed by atoms with van der Waals surface area (Å²) in [5, 5.41) is 15.7. The first-order chi connectivity index (χ1) is 11.8. The molecule has 2 atom stereocenters. The number of urea groups is 2. The van der Waals surface area contributed by atoms with Gasteiger partial charge in [0.1, 0.15) is 0 Å². The van der Waals surface area contributed by atoms with Crippen molar-refractivity contribution in [1.29, 1.82) is 0 Å². The first kappa shape index (κ1) is 21.2. The fourth-order valence-electron chi connectivity index (χ4n) is 1.25. The number of nitrogens with one attached hydrogen (secondary N) is 4. The molecule has 0 aliphatic rings. The summed E-state index contributed by atoms with van der Waals surface area (Å²) in [6.07, 6.45) is 0. The Labute approximate surface area is 156 Å². The van der Waals surface area contributed by atoms with Crippen LogP contribution in [0.5, 0.6) is 0 Å². The first-order valence-corrected chi connectivity index (χ1v) is 9.56. The van der Waals surface area contributed by atoms with Crippen molar-refractivity contribution in [3.8, 4) is 0 Å². The Balaban J connectivity index is 2.55. The van der Waals surface area contributed by atoms with Gasteiger partial charge in [-0.05, 0) is 13.8 Å². The Kier molecular flexibility index (Phi) is 8.65. The van der Waals surface area contributed by atoms with E-state index in [0.29, 0.717) is 8.68 Å². The SMILES string of the molecule is CNC(=O)NC(=O)[C@H](C)Sc1nnc(S[C@H](C)C(=O)NC(=O)NC)s1.